The lowest BCUT2D eigenvalue weighted by atomic mass is 9.86. The van der Waals surface area contributed by atoms with E-state index >= 15 is 0 Å². The maximum Gasteiger partial charge on any atom is 0.0775 e. The lowest BCUT2D eigenvalue weighted by Crippen LogP contribution is -2.48. The fourth-order valence-corrected chi connectivity index (χ4v) is 5.06. The summed E-state index contributed by atoms with van der Waals surface area (Å²) in [4.78, 5) is 2.61. The summed E-state index contributed by atoms with van der Waals surface area (Å²) in [7, 11) is 0. The van der Waals surface area contributed by atoms with Gasteiger partial charge in [0, 0.05) is 5.92 Å². The molecule has 0 unspecified atom stereocenters. The Balaban J connectivity index is 1.36. The van der Waals surface area contributed by atoms with Gasteiger partial charge in [-0.15, -0.1) is 0 Å². The average Bonchev–Trinajstić information content (AvgIpc) is 3.17. The number of nitrogens with zero attached hydrogens (tertiary/aromatic N) is 2. The molecule has 1 N–H and O–H groups in total. The number of oxime groups is 1. The van der Waals surface area contributed by atoms with Crippen molar-refractivity contribution in [2.24, 2.45) is 22.9 Å². The van der Waals surface area contributed by atoms with Crippen molar-refractivity contribution >= 4 is 5.71 Å². The van der Waals surface area contributed by atoms with Crippen LogP contribution >= 0.6 is 0 Å². The van der Waals surface area contributed by atoms with Crippen molar-refractivity contribution in [2.75, 3.05) is 13.1 Å². The van der Waals surface area contributed by atoms with Gasteiger partial charge in [0.1, 0.15) is 0 Å². The van der Waals surface area contributed by atoms with Crippen molar-refractivity contribution in [3.8, 4) is 0 Å². The Bertz CT molecular complexity index is 534. The van der Waals surface area contributed by atoms with Crippen LogP contribution < -0.4 is 0 Å². The third kappa shape index (κ3) is 2.56. The molecule has 0 amide bonds. The van der Waals surface area contributed by atoms with E-state index in [1.807, 2.05) is 0 Å². The predicted octanol–water partition coefficient (Wildman–Crippen LogP) is 3.57. The second-order valence-corrected chi connectivity index (χ2v) is 7.41. The van der Waals surface area contributed by atoms with Crippen LogP contribution in [0.15, 0.2) is 35.5 Å². The van der Waals surface area contributed by atoms with E-state index in [0.717, 1.165) is 17.5 Å². The molecule has 2 aliphatic carbocycles. The van der Waals surface area contributed by atoms with Crippen molar-refractivity contribution in [3.63, 3.8) is 0 Å². The molecule has 3 heteroatoms. The molecule has 1 heterocycles. The second-order valence-electron chi connectivity index (χ2n) is 7.41. The molecule has 1 saturated heterocycles. The largest absolute Gasteiger partial charge is 0.411 e. The Morgan fingerprint density at radius 3 is 2.55 bits per heavy atom. The van der Waals surface area contributed by atoms with E-state index < -0.39 is 0 Å². The molecule has 3 aliphatic rings. The maximum atomic E-state index is 9.40. The monoisotopic (exact) mass is 298 g/mol. The minimum absolute atomic E-state index is 0.446. The number of rotatable bonds is 3. The third-order valence-corrected chi connectivity index (χ3v) is 6.17. The van der Waals surface area contributed by atoms with Crippen LogP contribution in [0.25, 0.3) is 0 Å². The fraction of sp³-hybridized carbons (Fsp3) is 0.632. The first-order valence-electron chi connectivity index (χ1n) is 8.85. The van der Waals surface area contributed by atoms with E-state index in [-0.39, 0.29) is 0 Å². The van der Waals surface area contributed by atoms with Gasteiger partial charge in [-0.05, 0) is 69.0 Å². The normalized spacial score (nSPS) is 34.5. The van der Waals surface area contributed by atoms with E-state index in [4.69, 9.17) is 0 Å². The number of hydrogen-bond donors (Lipinski definition) is 1. The van der Waals surface area contributed by atoms with Gasteiger partial charge in [-0.3, -0.25) is 4.90 Å². The summed E-state index contributed by atoms with van der Waals surface area (Å²) in [6.07, 6.45) is 7.60. The summed E-state index contributed by atoms with van der Waals surface area (Å²) >= 11 is 0. The zero-order valence-electron chi connectivity index (χ0n) is 13.2. The van der Waals surface area contributed by atoms with Crippen LogP contribution in [0.2, 0.25) is 0 Å². The van der Waals surface area contributed by atoms with Gasteiger partial charge in [-0.2, -0.15) is 0 Å². The minimum Gasteiger partial charge on any atom is -0.411 e. The van der Waals surface area contributed by atoms with E-state index in [1.54, 1.807) is 0 Å². The highest BCUT2D eigenvalue weighted by Gasteiger charge is 2.48. The van der Waals surface area contributed by atoms with Crippen LogP contribution in [0.3, 0.4) is 0 Å². The predicted molar refractivity (Wildman–Crippen MR) is 88.3 cm³/mol. The number of fused-ring (bicyclic) bond motifs is 2. The Morgan fingerprint density at radius 2 is 1.82 bits per heavy atom. The Morgan fingerprint density at radius 1 is 1.05 bits per heavy atom. The molecule has 1 aliphatic heterocycles. The Kier molecular flexibility index (Phi) is 3.91. The molecule has 0 aromatic heterocycles. The van der Waals surface area contributed by atoms with Crippen molar-refractivity contribution in [1.29, 1.82) is 0 Å². The lowest BCUT2D eigenvalue weighted by molar-refractivity contribution is 0.133. The van der Waals surface area contributed by atoms with Crippen molar-refractivity contribution in [1.82, 2.24) is 4.90 Å². The molecular weight excluding hydrogens is 272 g/mol. The lowest BCUT2D eigenvalue weighted by Gasteiger charge is -2.39. The van der Waals surface area contributed by atoms with Crippen LogP contribution in [0, 0.1) is 17.8 Å². The van der Waals surface area contributed by atoms with Crippen molar-refractivity contribution in [2.45, 2.75) is 44.6 Å². The van der Waals surface area contributed by atoms with Gasteiger partial charge in [0.25, 0.3) is 0 Å². The summed E-state index contributed by atoms with van der Waals surface area (Å²) in [5, 5.41) is 13.1. The van der Waals surface area contributed by atoms with Gasteiger partial charge in [0.05, 0.1) is 11.8 Å². The first-order chi connectivity index (χ1) is 10.8. The van der Waals surface area contributed by atoms with Crippen LogP contribution in [0.1, 0.15) is 37.7 Å². The van der Waals surface area contributed by atoms with Crippen LogP contribution in [-0.2, 0) is 6.42 Å². The molecule has 118 valence electrons. The van der Waals surface area contributed by atoms with Gasteiger partial charge in [0.15, 0.2) is 0 Å². The molecule has 1 aromatic carbocycles. The summed E-state index contributed by atoms with van der Waals surface area (Å²) in [5.74, 6) is 2.13. The molecule has 1 aromatic rings. The van der Waals surface area contributed by atoms with Gasteiger partial charge in [-0.25, -0.2) is 0 Å². The molecule has 3 atom stereocenters. The summed E-state index contributed by atoms with van der Waals surface area (Å²) < 4.78 is 0. The maximum absolute atomic E-state index is 9.40. The highest BCUT2D eigenvalue weighted by atomic mass is 16.4. The molecule has 2 saturated carbocycles. The van der Waals surface area contributed by atoms with Gasteiger partial charge in [0.2, 0.25) is 0 Å². The van der Waals surface area contributed by atoms with Crippen molar-refractivity contribution < 1.29 is 5.21 Å². The van der Waals surface area contributed by atoms with E-state index in [2.05, 4.69) is 40.4 Å². The van der Waals surface area contributed by atoms with Gasteiger partial charge in [-0.1, -0.05) is 35.5 Å². The molecule has 0 spiro atoms. The molecule has 4 rings (SSSR count). The van der Waals surface area contributed by atoms with Crippen LogP contribution in [0.4, 0.5) is 0 Å². The number of benzene rings is 1. The molecule has 0 radical (unpaired) electrons. The molecule has 3 fully saturated rings. The average molecular weight is 298 g/mol. The Hall–Kier alpha value is -1.35. The van der Waals surface area contributed by atoms with Crippen LogP contribution in [0.5, 0.6) is 0 Å². The van der Waals surface area contributed by atoms with E-state index in [0.29, 0.717) is 12.0 Å². The summed E-state index contributed by atoms with van der Waals surface area (Å²) in [6.45, 7) is 2.34. The van der Waals surface area contributed by atoms with Gasteiger partial charge < -0.3 is 5.21 Å². The van der Waals surface area contributed by atoms with E-state index in [9.17, 15) is 5.21 Å². The second kappa shape index (κ2) is 6.04. The minimum atomic E-state index is 0.446. The summed E-state index contributed by atoms with van der Waals surface area (Å²) in [5.41, 5.74) is 2.57. The first kappa shape index (κ1) is 14.3. The number of piperidine rings is 1. The topological polar surface area (TPSA) is 35.8 Å². The smallest absolute Gasteiger partial charge is 0.0775 e. The molecule has 3 nitrogen and oxygen atoms in total. The van der Waals surface area contributed by atoms with Crippen molar-refractivity contribution in [3.05, 3.63) is 35.9 Å². The highest BCUT2D eigenvalue weighted by molar-refractivity contribution is 5.94. The molecule has 22 heavy (non-hydrogen) atoms. The first-order valence-corrected chi connectivity index (χ1v) is 8.85. The van der Waals surface area contributed by atoms with Crippen LogP contribution in [-0.4, -0.2) is 35.0 Å². The highest BCUT2D eigenvalue weighted by Crippen LogP contribution is 2.45. The number of likely N-dealkylation sites (tertiary alicyclic amines) is 1. The number of hydrogen-bond acceptors (Lipinski definition) is 3. The van der Waals surface area contributed by atoms with Gasteiger partial charge >= 0.3 is 0 Å². The third-order valence-electron chi connectivity index (χ3n) is 6.17. The molecule has 2 bridgehead atoms. The zero-order chi connectivity index (χ0) is 14.9. The summed E-state index contributed by atoms with van der Waals surface area (Å²) in [6, 6.07) is 11.3. The Labute approximate surface area is 133 Å². The standard InChI is InChI=1S/C19H26N2O/c22-20-18-16-6-7-17(13-16)19(18)21-10-8-15(9-11-21)12-14-4-2-1-3-5-14/h1-5,15-17,19,22H,6-13H2/b20-18+/t16-,17-,19+/m0/s1. The zero-order valence-corrected chi connectivity index (χ0v) is 13.2. The quantitative estimate of drug-likeness (QED) is 0.684. The van der Waals surface area contributed by atoms with E-state index in [1.165, 1.54) is 57.2 Å². The molecular formula is C19H26N2O. The SMILES string of the molecule is O/N=C1\[C@H]2CC[C@@H](C2)[C@H]1N1CCC(Cc2ccccc2)CC1. The fourth-order valence-electron chi connectivity index (χ4n) is 5.06.